The fourth-order valence-electron chi connectivity index (χ4n) is 2.21. The van der Waals surface area contributed by atoms with Crippen molar-refractivity contribution in [2.24, 2.45) is 0 Å². The number of ether oxygens (including phenoxy) is 2. The molecule has 6 heteroatoms. The van der Waals surface area contributed by atoms with Crippen molar-refractivity contribution in [2.75, 3.05) is 19.5 Å². The zero-order valence-corrected chi connectivity index (χ0v) is 15.7. The van der Waals surface area contributed by atoms with Gasteiger partial charge in [0, 0.05) is 22.6 Å². The summed E-state index contributed by atoms with van der Waals surface area (Å²) in [6, 6.07) is 10.3. The molecule has 0 heterocycles. The van der Waals surface area contributed by atoms with E-state index in [4.69, 9.17) is 9.47 Å². The highest BCUT2D eigenvalue weighted by atomic mass is 79.9. The quantitative estimate of drug-likeness (QED) is 0.575. The zero-order valence-electron chi connectivity index (χ0n) is 14.1. The molecule has 2 rings (SSSR count). The molecular weight excluding hydrogens is 386 g/mol. The smallest absolute Gasteiger partial charge is 0.221 e. The number of hydrogen-bond acceptors (Lipinski definition) is 4. The summed E-state index contributed by atoms with van der Waals surface area (Å²) in [4.78, 5) is 23.5. The summed E-state index contributed by atoms with van der Waals surface area (Å²) in [5.74, 6) is 0.814. The Morgan fingerprint density at radius 2 is 1.76 bits per heavy atom. The van der Waals surface area contributed by atoms with Crippen molar-refractivity contribution in [3.8, 4) is 11.5 Å². The van der Waals surface area contributed by atoms with Gasteiger partial charge in [0.1, 0.15) is 0 Å². The van der Waals surface area contributed by atoms with Crippen LogP contribution in [-0.4, -0.2) is 25.9 Å². The number of halogens is 1. The monoisotopic (exact) mass is 403 g/mol. The zero-order chi connectivity index (χ0) is 18.4. The van der Waals surface area contributed by atoms with E-state index in [1.165, 1.54) is 13.0 Å². The Bertz CT molecular complexity index is 830. The van der Waals surface area contributed by atoms with Crippen molar-refractivity contribution in [1.29, 1.82) is 0 Å². The van der Waals surface area contributed by atoms with Crippen LogP contribution >= 0.6 is 15.9 Å². The molecule has 0 atom stereocenters. The number of carbonyl (C=O) groups is 2. The molecule has 0 fully saturated rings. The first-order chi connectivity index (χ1) is 11.9. The molecule has 0 bridgehead atoms. The predicted octanol–water partition coefficient (Wildman–Crippen LogP) is 4.32. The fourth-order valence-corrected chi connectivity index (χ4v) is 2.67. The van der Waals surface area contributed by atoms with E-state index in [-0.39, 0.29) is 11.7 Å². The van der Waals surface area contributed by atoms with Crippen LogP contribution < -0.4 is 14.8 Å². The Kier molecular flexibility index (Phi) is 6.36. The van der Waals surface area contributed by atoms with Crippen LogP contribution in [0.4, 0.5) is 5.69 Å². The molecule has 2 aromatic carbocycles. The standard InChI is InChI=1S/C19H18BrNO4/c1-12(22)21-15-6-4-5-14(9-15)17(23)8-7-13-10-18(24-2)19(25-3)11-16(13)20/h4-11H,1-3H3,(H,21,22)/b8-7+. The first-order valence-corrected chi connectivity index (χ1v) is 8.25. The van der Waals surface area contributed by atoms with E-state index in [0.717, 1.165) is 10.0 Å². The van der Waals surface area contributed by atoms with Gasteiger partial charge in [-0.3, -0.25) is 9.59 Å². The number of amides is 1. The predicted molar refractivity (Wildman–Crippen MR) is 101 cm³/mol. The Balaban J connectivity index is 2.24. The lowest BCUT2D eigenvalue weighted by Gasteiger charge is -2.09. The molecule has 0 aliphatic heterocycles. The van der Waals surface area contributed by atoms with Crippen molar-refractivity contribution in [3.05, 3.63) is 58.1 Å². The highest BCUT2D eigenvalue weighted by Gasteiger charge is 2.09. The molecule has 0 aromatic heterocycles. The topological polar surface area (TPSA) is 64.6 Å². The van der Waals surface area contributed by atoms with Crippen molar-refractivity contribution in [2.45, 2.75) is 6.92 Å². The van der Waals surface area contributed by atoms with Gasteiger partial charge in [-0.25, -0.2) is 0 Å². The molecule has 0 saturated carbocycles. The minimum Gasteiger partial charge on any atom is -0.493 e. The maximum Gasteiger partial charge on any atom is 0.221 e. The number of carbonyl (C=O) groups excluding carboxylic acids is 2. The van der Waals surface area contributed by atoms with Gasteiger partial charge in [-0.05, 0) is 42.0 Å². The summed E-state index contributed by atoms with van der Waals surface area (Å²) in [7, 11) is 3.11. The lowest BCUT2D eigenvalue weighted by Crippen LogP contribution is -2.06. The van der Waals surface area contributed by atoms with E-state index in [1.807, 2.05) is 0 Å². The van der Waals surface area contributed by atoms with E-state index in [2.05, 4.69) is 21.2 Å². The molecule has 1 N–H and O–H groups in total. The lowest BCUT2D eigenvalue weighted by atomic mass is 10.1. The van der Waals surface area contributed by atoms with E-state index in [9.17, 15) is 9.59 Å². The second-order valence-electron chi connectivity index (χ2n) is 5.19. The van der Waals surface area contributed by atoms with Crippen LogP contribution in [0.25, 0.3) is 6.08 Å². The van der Waals surface area contributed by atoms with Gasteiger partial charge in [0.05, 0.1) is 14.2 Å². The van der Waals surface area contributed by atoms with Gasteiger partial charge in [0.2, 0.25) is 5.91 Å². The second-order valence-corrected chi connectivity index (χ2v) is 6.04. The van der Waals surface area contributed by atoms with Crippen LogP contribution in [0, 0.1) is 0 Å². The maximum atomic E-state index is 12.4. The Hall–Kier alpha value is -2.60. The van der Waals surface area contributed by atoms with Crippen LogP contribution in [0.15, 0.2) is 46.9 Å². The lowest BCUT2D eigenvalue weighted by molar-refractivity contribution is -0.114. The van der Waals surface area contributed by atoms with Gasteiger partial charge in [0.15, 0.2) is 17.3 Å². The average Bonchev–Trinajstić information content (AvgIpc) is 2.59. The van der Waals surface area contributed by atoms with Gasteiger partial charge in [-0.2, -0.15) is 0 Å². The van der Waals surface area contributed by atoms with Crippen LogP contribution in [-0.2, 0) is 4.79 Å². The minimum absolute atomic E-state index is 0.172. The molecule has 0 aliphatic carbocycles. The summed E-state index contributed by atoms with van der Waals surface area (Å²) in [6.45, 7) is 1.42. The van der Waals surface area contributed by atoms with E-state index in [0.29, 0.717) is 22.7 Å². The van der Waals surface area contributed by atoms with Crippen molar-refractivity contribution < 1.29 is 19.1 Å². The minimum atomic E-state index is -0.186. The first-order valence-electron chi connectivity index (χ1n) is 7.46. The van der Waals surface area contributed by atoms with Crippen molar-refractivity contribution >= 4 is 39.4 Å². The van der Waals surface area contributed by atoms with Crippen LogP contribution in [0.3, 0.4) is 0 Å². The van der Waals surface area contributed by atoms with Crippen LogP contribution in [0.5, 0.6) is 11.5 Å². The molecule has 0 unspecified atom stereocenters. The van der Waals surface area contributed by atoms with E-state index >= 15 is 0 Å². The van der Waals surface area contributed by atoms with Gasteiger partial charge in [0.25, 0.3) is 0 Å². The Morgan fingerprint density at radius 3 is 2.40 bits per heavy atom. The summed E-state index contributed by atoms with van der Waals surface area (Å²) in [6.07, 6.45) is 3.17. The first kappa shape index (κ1) is 18.7. The van der Waals surface area contributed by atoms with Gasteiger partial charge in [-0.15, -0.1) is 0 Å². The molecule has 130 valence electrons. The summed E-state index contributed by atoms with van der Waals surface area (Å²) in [5, 5.41) is 2.66. The third-order valence-electron chi connectivity index (χ3n) is 3.38. The van der Waals surface area contributed by atoms with Crippen LogP contribution in [0.2, 0.25) is 0 Å². The van der Waals surface area contributed by atoms with E-state index in [1.54, 1.807) is 56.7 Å². The maximum absolute atomic E-state index is 12.4. The largest absolute Gasteiger partial charge is 0.493 e. The molecule has 5 nitrogen and oxygen atoms in total. The SMILES string of the molecule is COc1cc(Br)c(/C=C/C(=O)c2cccc(NC(C)=O)c2)cc1OC. The molecule has 2 aromatic rings. The van der Waals surface area contributed by atoms with Gasteiger partial charge in [-0.1, -0.05) is 28.1 Å². The fraction of sp³-hybridized carbons (Fsp3) is 0.158. The number of ketones is 1. The van der Waals surface area contributed by atoms with E-state index < -0.39 is 0 Å². The number of benzene rings is 2. The highest BCUT2D eigenvalue weighted by Crippen LogP contribution is 2.33. The van der Waals surface area contributed by atoms with Gasteiger partial charge >= 0.3 is 0 Å². The number of rotatable bonds is 6. The van der Waals surface area contributed by atoms with Crippen molar-refractivity contribution in [3.63, 3.8) is 0 Å². The Labute approximate surface area is 154 Å². The molecule has 0 spiro atoms. The second kappa shape index (κ2) is 8.48. The molecule has 0 radical (unpaired) electrons. The average molecular weight is 404 g/mol. The molecular formula is C19H18BrNO4. The molecule has 1 amide bonds. The summed E-state index contributed by atoms with van der Waals surface area (Å²) in [5.41, 5.74) is 1.85. The third-order valence-corrected chi connectivity index (χ3v) is 4.07. The van der Waals surface area contributed by atoms with Crippen LogP contribution in [0.1, 0.15) is 22.8 Å². The number of methoxy groups -OCH3 is 2. The summed E-state index contributed by atoms with van der Waals surface area (Å²) < 4.78 is 11.3. The number of nitrogens with one attached hydrogen (secondary N) is 1. The number of anilines is 1. The third kappa shape index (κ3) is 4.93. The summed E-state index contributed by atoms with van der Waals surface area (Å²) >= 11 is 3.45. The van der Waals surface area contributed by atoms with Crippen molar-refractivity contribution in [1.82, 2.24) is 0 Å². The molecule has 0 saturated heterocycles. The number of allylic oxidation sites excluding steroid dienone is 1. The molecule has 0 aliphatic rings. The number of hydrogen-bond donors (Lipinski definition) is 1. The normalized spacial score (nSPS) is 10.6. The highest BCUT2D eigenvalue weighted by molar-refractivity contribution is 9.10. The van der Waals surface area contributed by atoms with Gasteiger partial charge < -0.3 is 14.8 Å². The molecule has 25 heavy (non-hydrogen) atoms. The Morgan fingerprint density at radius 1 is 1.08 bits per heavy atom.